The molecule has 2 nitrogen and oxygen atoms in total. The molecule has 0 aliphatic carbocycles. The summed E-state index contributed by atoms with van der Waals surface area (Å²) in [4.78, 5) is 0. The van der Waals surface area contributed by atoms with Crippen LogP contribution in [0.1, 0.15) is 33.6 Å². The van der Waals surface area contributed by atoms with E-state index < -0.39 is 0 Å². The van der Waals surface area contributed by atoms with Gasteiger partial charge in [0.05, 0.1) is 0 Å². The lowest BCUT2D eigenvalue weighted by molar-refractivity contribution is 0.302. The normalized spacial score (nSPS) is 12.7. The highest BCUT2D eigenvalue weighted by Gasteiger charge is 2.02. The van der Waals surface area contributed by atoms with Crippen molar-refractivity contribution in [3.63, 3.8) is 0 Å². The van der Waals surface area contributed by atoms with Crippen molar-refractivity contribution in [3.8, 4) is 5.75 Å². The molecule has 1 aromatic carbocycles. The third kappa shape index (κ3) is 6.60. The Hall–Kier alpha value is -1.09. The van der Waals surface area contributed by atoms with Gasteiger partial charge in [-0.25, -0.2) is 4.39 Å². The van der Waals surface area contributed by atoms with Crippen molar-refractivity contribution in [1.82, 2.24) is 5.32 Å². The Morgan fingerprint density at radius 1 is 1.11 bits per heavy atom. The molecule has 0 bridgehead atoms. The van der Waals surface area contributed by atoms with Crippen molar-refractivity contribution in [2.45, 2.75) is 39.7 Å². The van der Waals surface area contributed by atoms with Crippen molar-refractivity contribution in [1.29, 1.82) is 0 Å². The molecule has 1 unspecified atom stereocenters. The second-order valence-corrected chi connectivity index (χ2v) is 5.13. The van der Waals surface area contributed by atoms with E-state index in [0.717, 1.165) is 12.5 Å². The molecule has 0 fully saturated rings. The Labute approximate surface area is 110 Å². The minimum atomic E-state index is -0.234. The van der Waals surface area contributed by atoms with Crippen LogP contribution in [0.2, 0.25) is 0 Å². The van der Waals surface area contributed by atoms with E-state index in [-0.39, 0.29) is 5.82 Å². The zero-order valence-electron chi connectivity index (χ0n) is 11.6. The molecule has 102 valence electrons. The Morgan fingerprint density at radius 2 is 1.78 bits per heavy atom. The summed E-state index contributed by atoms with van der Waals surface area (Å²) in [5.74, 6) is 1.24. The monoisotopic (exact) mass is 253 g/mol. The van der Waals surface area contributed by atoms with Gasteiger partial charge >= 0.3 is 0 Å². The standard InChI is InChI=1S/C15H24FNO/c1-12(2)4-5-13(3)17-10-11-18-15-8-6-14(16)7-9-15/h6-9,12-13,17H,4-5,10-11H2,1-3H3. The van der Waals surface area contributed by atoms with Crippen LogP contribution >= 0.6 is 0 Å². The van der Waals surface area contributed by atoms with Crippen molar-refractivity contribution < 1.29 is 9.13 Å². The number of hydrogen-bond donors (Lipinski definition) is 1. The molecular weight excluding hydrogens is 229 g/mol. The van der Waals surface area contributed by atoms with Gasteiger partial charge in [-0.2, -0.15) is 0 Å². The fourth-order valence-electron chi connectivity index (χ4n) is 1.69. The van der Waals surface area contributed by atoms with Gasteiger partial charge < -0.3 is 10.1 Å². The van der Waals surface area contributed by atoms with Crippen molar-refractivity contribution in [3.05, 3.63) is 30.1 Å². The Bertz CT molecular complexity index is 324. The molecule has 1 rings (SSSR count). The minimum absolute atomic E-state index is 0.234. The van der Waals surface area contributed by atoms with E-state index in [1.807, 2.05) is 0 Å². The summed E-state index contributed by atoms with van der Waals surface area (Å²) < 4.78 is 18.2. The number of nitrogens with one attached hydrogen (secondary N) is 1. The lowest BCUT2D eigenvalue weighted by Crippen LogP contribution is -2.30. The molecule has 3 heteroatoms. The average Bonchev–Trinajstić information content (AvgIpc) is 2.34. The van der Waals surface area contributed by atoms with E-state index in [1.54, 1.807) is 12.1 Å². The minimum Gasteiger partial charge on any atom is -0.492 e. The Balaban J connectivity index is 2.09. The van der Waals surface area contributed by atoms with Gasteiger partial charge in [0.2, 0.25) is 0 Å². The van der Waals surface area contributed by atoms with Crippen molar-refractivity contribution >= 4 is 0 Å². The van der Waals surface area contributed by atoms with E-state index in [4.69, 9.17) is 4.74 Å². The quantitative estimate of drug-likeness (QED) is 0.714. The van der Waals surface area contributed by atoms with Crippen molar-refractivity contribution in [2.24, 2.45) is 5.92 Å². The van der Waals surface area contributed by atoms with Crippen LogP contribution in [-0.4, -0.2) is 19.2 Å². The second kappa shape index (κ2) is 8.09. The SMILES string of the molecule is CC(C)CCC(C)NCCOc1ccc(F)cc1. The largest absolute Gasteiger partial charge is 0.492 e. The average molecular weight is 253 g/mol. The van der Waals surface area contributed by atoms with Gasteiger partial charge in [0.25, 0.3) is 0 Å². The first-order valence-electron chi connectivity index (χ1n) is 6.69. The summed E-state index contributed by atoms with van der Waals surface area (Å²) in [7, 11) is 0. The molecule has 18 heavy (non-hydrogen) atoms. The number of rotatable bonds is 8. The maximum absolute atomic E-state index is 12.7. The molecule has 0 aliphatic heterocycles. The predicted molar refractivity (Wildman–Crippen MR) is 73.4 cm³/mol. The smallest absolute Gasteiger partial charge is 0.123 e. The zero-order chi connectivity index (χ0) is 13.4. The van der Waals surface area contributed by atoms with Gasteiger partial charge in [0, 0.05) is 12.6 Å². The molecule has 1 N–H and O–H groups in total. The maximum atomic E-state index is 12.7. The van der Waals surface area contributed by atoms with Crippen LogP contribution < -0.4 is 10.1 Å². The molecule has 1 atom stereocenters. The van der Waals surface area contributed by atoms with Crippen LogP contribution in [0.15, 0.2) is 24.3 Å². The van der Waals surface area contributed by atoms with Crippen LogP contribution in [-0.2, 0) is 0 Å². The van der Waals surface area contributed by atoms with Gasteiger partial charge in [-0.1, -0.05) is 13.8 Å². The highest BCUT2D eigenvalue weighted by atomic mass is 19.1. The van der Waals surface area contributed by atoms with E-state index in [1.165, 1.54) is 25.0 Å². The zero-order valence-corrected chi connectivity index (χ0v) is 11.6. The number of hydrogen-bond acceptors (Lipinski definition) is 2. The Morgan fingerprint density at radius 3 is 2.39 bits per heavy atom. The van der Waals surface area contributed by atoms with Crippen LogP contribution in [0.3, 0.4) is 0 Å². The molecule has 0 saturated carbocycles. The number of ether oxygens (including phenoxy) is 1. The second-order valence-electron chi connectivity index (χ2n) is 5.13. The van der Waals surface area contributed by atoms with E-state index >= 15 is 0 Å². The van der Waals surface area contributed by atoms with Gasteiger partial charge in [-0.3, -0.25) is 0 Å². The van der Waals surface area contributed by atoms with Crippen LogP contribution in [0.5, 0.6) is 5.75 Å². The van der Waals surface area contributed by atoms with Gasteiger partial charge in [0.1, 0.15) is 18.2 Å². The summed E-state index contributed by atoms with van der Waals surface area (Å²) in [5.41, 5.74) is 0. The van der Waals surface area contributed by atoms with Gasteiger partial charge in [0.15, 0.2) is 0 Å². The third-order valence-electron chi connectivity index (χ3n) is 2.85. The summed E-state index contributed by atoms with van der Waals surface area (Å²) in [6.45, 7) is 8.10. The molecule has 0 aliphatic rings. The lowest BCUT2D eigenvalue weighted by Gasteiger charge is -2.15. The summed E-state index contributed by atoms with van der Waals surface area (Å²) in [6.07, 6.45) is 2.43. The molecule has 0 radical (unpaired) electrons. The van der Waals surface area contributed by atoms with E-state index in [0.29, 0.717) is 18.4 Å². The van der Waals surface area contributed by atoms with Crippen LogP contribution in [0.25, 0.3) is 0 Å². The Kier molecular flexibility index (Phi) is 6.73. The topological polar surface area (TPSA) is 21.3 Å². The maximum Gasteiger partial charge on any atom is 0.123 e. The fraction of sp³-hybridized carbons (Fsp3) is 0.600. The molecule has 0 heterocycles. The highest BCUT2D eigenvalue weighted by Crippen LogP contribution is 2.10. The van der Waals surface area contributed by atoms with Crippen molar-refractivity contribution in [2.75, 3.05) is 13.2 Å². The van der Waals surface area contributed by atoms with Gasteiger partial charge in [-0.15, -0.1) is 0 Å². The first kappa shape index (κ1) is 15.0. The van der Waals surface area contributed by atoms with Gasteiger partial charge in [-0.05, 0) is 49.9 Å². The van der Waals surface area contributed by atoms with E-state index in [2.05, 4.69) is 26.1 Å². The predicted octanol–water partition coefficient (Wildman–Crippen LogP) is 3.62. The molecule has 0 amide bonds. The molecular formula is C15H24FNO. The first-order valence-corrected chi connectivity index (χ1v) is 6.69. The third-order valence-corrected chi connectivity index (χ3v) is 2.85. The highest BCUT2D eigenvalue weighted by molar-refractivity contribution is 5.21. The molecule has 1 aromatic rings. The van der Waals surface area contributed by atoms with E-state index in [9.17, 15) is 4.39 Å². The lowest BCUT2D eigenvalue weighted by atomic mass is 10.0. The fourth-order valence-corrected chi connectivity index (χ4v) is 1.69. The molecule has 0 saturated heterocycles. The summed E-state index contributed by atoms with van der Waals surface area (Å²) in [5, 5.41) is 3.42. The number of halogens is 1. The summed E-state index contributed by atoms with van der Waals surface area (Å²) in [6, 6.07) is 6.64. The summed E-state index contributed by atoms with van der Waals surface area (Å²) >= 11 is 0. The number of benzene rings is 1. The molecule has 0 aromatic heterocycles. The van der Waals surface area contributed by atoms with Crippen LogP contribution in [0, 0.1) is 11.7 Å². The molecule has 0 spiro atoms. The van der Waals surface area contributed by atoms with Crippen LogP contribution in [0.4, 0.5) is 4.39 Å². The first-order chi connectivity index (χ1) is 8.58.